The minimum Gasteiger partial charge on any atom is -0.333 e. The van der Waals surface area contributed by atoms with Gasteiger partial charge in [-0.25, -0.2) is 13.1 Å². The highest BCUT2D eigenvalue weighted by Gasteiger charge is 2.34. The van der Waals surface area contributed by atoms with E-state index in [1.54, 1.807) is 0 Å². The average Bonchev–Trinajstić information content (AvgIpc) is 2.96. The molecular weight excluding hydrogens is 274 g/mol. The van der Waals surface area contributed by atoms with Crippen molar-refractivity contribution in [3.05, 3.63) is 12.7 Å². The summed E-state index contributed by atoms with van der Waals surface area (Å²) >= 11 is 0. The lowest BCUT2D eigenvalue weighted by molar-refractivity contribution is -0.143. The molecule has 0 aliphatic carbocycles. The Kier molecular flexibility index (Phi) is 3.51. The molecule has 2 heterocycles. The summed E-state index contributed by atoms with van der Waals surface area (Å²) in [5, 5.41) is 6.94. The molecule has 1 saturated heterocycles. The molecule has 1 atom stereocenters. The molecule has 2 rings (SSSR count). The number of aromatic nitrogens is 3. The second kappa shape index (κ2) is 4.96. The van der Waals surface area contributed by atoms with E-state index in [0.717, 1.165) is 9.58 Å². The van der Waals surface area contributed by atoms with Gasteiger partial charge in [-0.1, -0.05) is 0 Å². The molecule has 1 fully saturated rings. The Bertz CT molecular complexity index is 582. The molecule has 1 aliphatic heterocycles. The van der Waals surface area contributed by atoms with E-state index in [1.807, 2.05) is 0 Å². The maximum absolute atomic E-state index is 11.8. The summed E-state index contributed by atoms with van der Waals surface area (Å²) in [6.45, 7) is 0. The fourth-order valence-corrected chi connectivity index (χ4v) is 3.60. The zero-order chi connectivity index (χ0) is 14.0. The molecule has 0 radical (unpaired) electrons. The van der Waals surface area contributed by atoms with Crippen LogP contribution >= 0.6 is 0 Å². The molecule has 2 amide bonds. The maximum Gasteiger partial charge on any atom is 0.328 e. The SMILES string of the molecule is CN(C(=O)C(=O)Nn1cnnc1)C1CCS(=O)(=O)C1. The van der Waals surface area contributed by atoms with Crippen LogP contribution in [0, 0.1) is 0 Å². The lowest BCUT2D eigenvalue weighted by Crippen LogP contribution is -2.45. The van der Waals surface area contributed by atoms with Crippen LogP contribution in [0.5, 0.6) is 0 Å². The molecule has 0 bridgehead atoms. The van der Waals surface area contributed by atoms with Crippen LogP contribution in [0.3, 0.4) is 0 Å². The monoisotopic (exact) mass is 287 g/mol. The third-order valence-electron chi connectivity index (χ3n) is 2.92. The van der Waals surface area contributed by atoms with Crippen molar-refractivity contribution in [2.24, 2.45) is 0 Å². The summed E-state index contributed by atoms with van der Waals surface area (Å²) in [4.78, 5) is 24.6. The van der Waals surface area contributed by atoms with Gasteiger partial charge in [-0.3, -0.25) is 15.0 Å². The summed E-state index contributed by atoms with van der Waals surface area (Å²) in [5.41, 5.74) is 2.26. The first kappa shape index (κ1) is 13.5. The van der Waals surface area contributed by atoms with Gasteiger partial charge in [0.25, 0.3) is 0 Å². The summed E-state index contributed by atoms with van der Waals surface area (Å²) in [7, 11) is -1.68. The fourth-order valence-electron chi connectivity index (χ4n) is 1.83. The predicted octanol–water partition coefficient (Wildman–Crippen LogP) is -2.01. The zero-order valence-corrected chi connectivity index (χ0v) is 11.0. The van der Waals surface area contributed by atoms with E-state index < -0.39 is 27.7 Å². The number of hydrogen-bond acceptors (Lipinski definition) is 6. The number of amides is 2. The highest BCUT2D eigenvalue weighted by Crippen LogP contribution is 2.16. The van der Waals surface area contributed by atoms with Gasteiger partial charge in [-0.05, 0) is 6.42 Å². The van der Waals surface area contributed by atoms with Crippen molar-refractivity contribution < 1.29 is 18.0 Å². The fraction of sp³-hybridized carbons (Fsp3) is 0.556. The average molecular weight is 287 g/mol. The maximum atomic E-state index is 11.8. The van der Waals surface area contributed by atoms with Crippen molar-refractivity contribution in [2.45, 2.75) is 12.5 Å². The Morgan fingerprint density at radius 1 is 1.37 bits per heavy atom. The highest BCUT2D eigenvalue weighted by atomic mass is 32.2. The van der Waals surface area contributed by atoms with Crippen LogP contribution in [0.2, 0.25) is 0 Å². The van der Waals surface area contributed by atoms with E-state index in [9.17, 15) is 18.0 Å². The van der Waals surface area contributed by atoms with Crippen molar-refractivity contribution in [2.75, 3.05) is 24.0 Å². The summed E-state index contributed by atoms with van der Waals surface area (Å²) in [5.74, 6) is -1.72. The molecule has 1 unspecified atom stereocenters. The number of carbonyl (C=O) groups is 2. The van der Waals surface area contributed by atoms with Crippen molar-refractivity contribution in [3.63, 3.8) is 0 Å². The van der Waals surface area contributed by atoms with Crippen LogP contribution in [-0.4, -0.2) is 64.6 Å². The standard InChI is InChI=1S/C9H13N5O4S/c1-13(7-2-3-19(17,18)4-7)9(16)8(15)12-14-5-10-11-6-14/h5-7H,2-4H2,1H3,(H,12,15). The van der Waals surface area contributed by atoms with Crippen LogP contribution < -0.4 is 5.43 Å². The molecular formula is C9H13N5O4S. The van der Waals surface area contributed by atoms with Crippen LogP contribution in [0.25, 0.3) is 0 Å². The van der Waals surface area contributed by atoms with Gasteiger partial charge in [0, 0.05) is 13.1 Å². The van der Waals surface area contributed by atoms with Crippen molar-refractivity contribution >= 4 is 21.7 Å². The molecule has 1 aromatic rings. The van der Waals surface area contributed by atoms with Gasteiger partial charge in [0.1, 0.15) is 12.7 Å². The Morgan fingerprint density at radius 3 is 2.53 bits per heavy atom. The van der Waals surface area contributed by atoms with E-state index >= 15 is 0 Å². The van der Waals surface area contributed by atoms with E-state index in [2.05, 4.69) is 15.6 Å². The normalized spacial score (nSPS) is 21.0. The third-order valence-corrected chi connectivity index (χ3v) is 4.67. The Hall–Kier alpha value is -1.97. The van der Waals surface area contributed by atoms with E-state index in [-0.39, 0.29) is 11.5 Å². The van der Waals surface area contributed by atoms with Crippen LogP contribution in [0.15, 0.2) is 12.7 Å². The number of nitrogens with one attached hydrogen (secondary N) is 1. The first-order chi connectivity index (χ1) is 8.89. The largest absolute Gasteiger partial charge is 0.333 e. The smallest absolute Gasteiger partial charge is 0.328 e. The van der Waals surface area contributed by atoms with Gasteiger partial charge in [0.2, 0.25) is 0 Å². The Balaban J connectivity index is 1.97. The van der Waals surface area contributed by atoms with E-state index in [0.29, 0.717) is 6.42 Å². The zero-order valence-electron chi connectivity index (χ0n) is 10.2. The van der Waals surface area contributed by atoms with Gasteiger partial charge in [-0.15, -0.1) is 10.2 Å². The number of sulfone groups is 1. The van der Waals surface area contributed by atoms with E-state index in [4.69, 9.17) is 0 Å². The number of hydrogen-bond donors (Lipinski definition) is 1. The van der Waals surface area contributed by atoms with Gasteiger partial charge >= 0.3 is 11.8 Å². The summed E-state index contributed by atoms with van der Waals surface area (Å²) in [6, 6.07) is -0.454. The number of likely N-dealkylation sites (N-methyl/N-ethyl adjacent to an activating group) is 1. The van der Waals surface area contributed by atoms with Gasteiger partial charge < -0.3 is 4.90 Å². The minimum absolute atomic E-state index is 0.0440. The van der Waals surface area contributed by atoms with Crippen LogP contribution in [-0.2, 0) is 19.4 Å². The molecule has 0 spiro atoms. The summed E-state index contributed by atoms with van der Waals surface area (Å²) in [6.07, 6.45) is 2.81. The van der Waals surface area contributed by atoms with Gasteiger partial charge in [-0.2, -0.15) is 0 Å². The van der Waals surface area contributed by atoms with Crippen molar-refractivity contribution in [1.29, 1.82) is 0 Å². The molecule has 1 aromatic heterocycles. The predicted molar refractivity (Wildman–Crippen MR) is 64.2 cm³/mol. The van der Waals surface area contributed by atoms with E-state index in [1.165, 1.54) is 19.7 Å². The van der Waals surface area contributed by atoms with Crippen LogP contribution in [0.4, 0.5) is 0 Å². The Morgan fingerprint density at radius 2 is 2.00 bits per heavy atom. The lowest BCUT2D eigenvalue weighted by atomic mass is 10.2. The molecule has 104 valence electrons. The molecule has 19 heavy (non-hydrogen) atoms. The molecule has 0 saturated carbocycles. The second-order valence-corrected chi connectivity index (χ2v) is 6.51. The topological polar surface area (TPSA) is 114 Å². The lowest BCUT2D eigenvalue weighted by Gasteiger charge is -2.22. The summed E-state index contributed by atoms with van der Waals surface area (Å²) < 4.78 is 23.8. The number of nitrogens with zero attached hydrogens (tertiary/aromatic N) is 4. The quantitative estimate of drug-likeness (QED) is 0.629. The van der Waals surface area contributed by atoms with Crippen molar-refractivity contribution in [3.8, 4) is 0 Å². The van der Waals surface area contributed by atoms with Crippen molar-refractivity contribution in [1.82, 2.24) is 19.8 Å². The molecule has 9 nitrogen and oxygen atoms in total. The first-order valence-corrected chi connectivity index (χ1v) is 7.34. The van der Waals surface area contributed by atoms with Crippen LogP contribution in [0.1, 0.15) is 6.42 Å². The second-order valence-electron chi connectivity index (χ2n) is 4.28. The molecule has 1 N–H and O–H groups in total. The molecule has 1 aliphatic rings. The number of rotatable bonds is 2. The molecule has 10 heteroatoms. The Labute approximate surface area is 109 Å². The minimum atomic E-state index is -3.10. The van der Waals surface area contributed by atoms with Gasteiger partial charge in [0.15, 0.2) is 9.84 Å². The molecule has 0 aromatic carbocycles. The van der Waals surface area contributed by atoms with Gasteiger partial charge in [0.05, 0.1) is 11.5 Å². The highest BCUT2D eigenvalue weighted by molar-refractivity contribution is 7.91. The third kappa shape index (κ3) is 3.08. The number of carbonyl (C=O) groups excluding carboxylic acids is 2. The first-order valence-electron chi connectivity index (χ1n) is 5.52.